The summed E-state index contributed by atoms with van der Waals surface area (Å²) in [5.74, 6) is -3.80. The van der Waals surface area contributed by atoms with E-state index in [4.69, 9.17) is 9.47 Å². The molecule has 5 rings (SSSR count). The second-order valence-corrected chi connectivity index (χ2v) is 12.4. The molecule has 3 N–H and O–H groups in total. The number of benzene rings is 1. The highest BCUT2D eigenvalue weighted by Crippen LogP contribution is 2.49. The zero-order chi connectivity index (χ0) is 36.0. The molecule has 0 radical (unpaired) electrons. The number of ether oxygens (including phenoxy) is 2. The van der Waals surface area contributed by atoms with Crippen LogP contribution in [0.25, 0.3) is 5.69 Å². The first kappa shape index (κ1) is 36.1. The highest BCUT2D eigenvalue weighted by Gasteiger charge is 2.58. The summed E-state index contributed by atoms with van der Waals surface area (Å²) in [6, 6.07) is 5.32. The Morgan fingerprint density at radius 1 is 1.06 bits per heavy atom. The minimum atomic E-state index is -1.24. The van der Waals surface area contributed by atoms with E-state index in [1.165, 1.54) is 34.1 Å². The predicted molar refractivity (Wildman–Crippen MR) is 173 cm³/mol. The van der Waals surface area contributed by atoms with Crippen LogP contribution >= 0.6 is 0 Å². The van der Waals surface area contributed by atoms with Crippen molar-refractivity contribution in [1.29, 1.82) is 0 Å². The highest BCUT2D eigenvalue weighted by atomic mass is 19.1. The van der Waals surface area contributed by atoms with Crippen molar-refractivity contribution in [1.82, 2.24) is 35.1 Å². The summed E-state index contributed by atoms with van der Waals surface area (Å²) < 4.78 is 26.3. The number of carboxylic acid groups (broad SMARTS) is 1. The van der Waals surface area contributed by atoms with Crippen LogP contribution in [-0.4, -0.2) is 130 Å². The van der Waals surface area contributed by atoms with Crippen LogP contribution < -0.4 is 15.4 Å². The minimum Gasteiger partial charge on any atom is -0.481 e. The maximum absolute atomic E-state index is 14.3. The SMILES string of the molecule is CCOC(=O)N1CCN(C(=O)C(CCC(=O)O)NC(=O)c2cc(OCC(=O)N3CCCC3(C(=O)NC)C3CC3)n(-c3cccc(F)c3)n2)CC1. The number of amides is 5. The molecule has 16 nitrogen and oxygen atoms in total. The molecule has 0 bridgehead atoms. The fraction of sp³-hybridized carbons (Fsp3) is 0.545. The molecular weight excluding hydrogens is 657 g/mol. The van der Waals surface area contributed by atoms with Gasteiger partial charge in [-0.15, -0.1) is 0 Å². The number of halogens is 1. The van der Waals surface area contributed by atoms with Gasteiger partial charge in [0.2, 0.25) is 17.7 Å². The lowest BCUT2D eigenvalue weighted by atomic mass is 9.88. The second kappa shape index (κ2) is 15.6. The van der Waals surface area contributed by atoms with Crippen LogP contribution in [-0.2, 0) is 23.9 Å². The van der Waals surface area contributed by atoms with Gasteiger partial charge in [0.1, 0.15) is 17.4 Å². The molecule has 1 aromatic heterocycles. The number of nitrogens with one attached hydrogen (secondary N) is 2. The Hall–Kier alpha value is -5.22. The Labute approximate surface area is 287 Å². The van der Waals surface area contributed by atoms with Gasteiger partial charge < -0.3 is 39.9 Å². The number of carboxylic acids is 1. The van der Waals surface area contributed by atoms with Crippen LogP contribution in [0.2, 0.25) is 0 Å². The van der Waals surface area contributed by atoms with E-state index in [2.05, 4.69) is 15.7 Å². The average molecular weight is 700 g/mol. The molecule has 50 heavy (non-hydrogen) atoms. The van der Waals surface area contributed by atoms with E-state index in [-0.39, 0.29) is 68.3 Å². The molecule has 3 fully saturated rings. The third-order valence-electron chi connectivity index (χ3n) is 9.27. The lowest BCUT2D eigenvalue weighted by molar-refractivity contribution is -0.147. The van der Waals surface area contributed by atoms with Gasteiger partial charge in [-0.05, 0) is 63.1 Å². The maximum Gasteiger partial charge on any atom is 0.409 e. The molecule has 2 unspecified atom stereocenters. The Balaban J connectivity index is 1.34. The first-order chi connectivity index (χ1) is 24.0. The van der Waals surface area contributed by atoms with Crippen molar-refractivity contribution in [3.8, 4) is 11.6 Å². The number of carbonyl (C=O) groups is 6. The molecule has 2 atom stereocenters. The number of hydrogen-bond donors (Lipinski definition) is 3. The quantitative estimate of drug-likeness (QED) is 0.273. The number of rotatable bonds is 13. The van der Waals surface area contributed by atoms with Crippen LogP contribution in [0.4, 0.5) is 9.18 Å². The second-order valence-electron chi connectivity index (χ2n) is 12.4. The Morgan fingerprint density at radius 2 is 1.78 bits per heavy atom. The standard InChI is InChI=1S/C33H42FN7O9/c1-3-49-32(48)39-16-14-38(15-17-39)30(46)24(10-11-28(43)44)36-29(45)25-19-27(41(37-25)23-7-4-6-22(34)18-23)50-20-26(42)40-13-5-12-33(40,21-8-9-21)31(47)35-2/h4,6-7,18-19,21,24H,3,5,8-17,20H2,1-2H3,(H,35,47)(H,36,45)(H,43,44). The van der Waals surface area contributed by atoms with Crippen LogP contribution in [0.5, 0.6) is 5.88 Å². The largest absolute Gasteiger partial charge is 0.481 e. The highest BCUT2D eigenvalue weighted by molar-refractivity contribution is 5.97. The van der Waals surface area contributed by atoms with Gasteiger partial charge in [-0.25, -0.2) is 13.9 Å². The molecular formula is C33H42FN7O9. The van der Waals surface area contributed by atoms with Crippen LogP contribution in [0.1, 0.15) is 55.9 Å². The molecule has 1 saturated carbocycles. The monoisotopic (exact) mass is 699 g/mol. The van der Waals surface area contributed by atoms with E-state index in [1.54, 1.807) is 18.9 Å². The lowest BCUT2D eigenvalue weighted by Crippen LogP contribution is -2.59. The third kappa shape index (κ3) is 7.81. The number of nitrogens with zero attached hydrogens (tertiary/aromatic N) is 5. The Kier molecular flexibility index (Phi) is 11.2. The number of carbonyl (C=O) groups excluding carboxylic acids is 5. The van der Waals surface area contributed by atoms with Gasteiger partial charge in [0.05, 0.1) is 12.3 Å². The molecule has 1 aliphatic carbocycles. The zero-order valence-electron chi connectivity index (χ0n) is 28.1. The summed E-state index contributed by atoms with van der Waals surface area (Å²) >= 11 is 0. The van der Waals surface area contributed by atoms with Gasteiger partial charge in [0.15, 0.2) is 12.3 Å². The van der Waals surface area contributed by atoms with Crippen LogP contribution in [0.3, 0.4) is 0 Å². The summed E-state index contributed by atoms with van der Waals surface area (Å²) in [5.41, 5.74) is -1.01. The van der Waals surface area contributed by atoms with Crippen LogP contribution in [0.15, 0.2) is 30.3 Å². The van der Waals surface area contributed by atoms with E-state index >= 15 is 0 Å². The fourth-order valence-electron chi connectivity index (χ4n) is 6.70. The number of hydrogen-bond acceptors (Lipinski definition) is 9. The summed E-state index contributed by atoms with van der Waals surface area (Å²) in [6.07, 6.45) is 1.73. The number of likely N-dealkylation sites (N-methyl/N-ethyl adjacent to an activating group) is 1. The van der Waals surface area contributed by atoms with Crippen molar-refractivity contribution in [3.05, 3.63) is 41.8 Å². The molecule has 1 aromatic carbocycles. The van der Waals surface area contributed by atoms with Crippen molar-refractivity contribution >= 4 is 35.7 Å². The third-order valence-corrected chi connectivity index (χ3v) is 9.27. The fourth-order valence-corrected chi connectivity index (χ4v) is 6.70. The van der Waals surface area contributed by atoms with E-state index in [1.807, 2.05) is 0 Å². The number of aromatic nitrogens is 2. The Morgan fingerprint density at radius 3 is 2.42 bits per heavy atom. The summed E-state index contributed by atoms with van der Waals surface area (Å²) in [5, 5.41) is 18.9. The summed E-state index contributed by atoms with van der Waals surface area (Å²) in [7, 11) is 1.54. The number of aliphatic carboxylic acids is 1. The Bertz CT molecular complexity index is 1620. The average Bonchev–Trinajstić information content (AvgIpc) is 3.72. The van der Waals surface area contributed by atoms with Crippen molar-refractivity contribution in [2.45, 2.75) is 57.0 Å². The van der Waals surface area contributed by atoms with Gasteiger partial charge >= 0.3 is 12.1 Å². The van der Waals surface area contributed by atoms with Crippen molar-refractivity contribution in [3.63, 3.8) is 0 Å². The molecule has 5 amide bonds. The molecule has 2 saturated heterocycles. The van der Waals surface area contributed by atoms with E-state index in [0.717, 1.165) is 23.6 Å². The summed E-state index contributed by atoms with van der Waals surface area (Å²) in [4.78, 5) is 81.6. The van der Waals surface area contributed by atoms with Crippen molar-refractivity contribution in [2.24, 2.45) is 5.92 Å². The van der Waals surface area contributed by atoms with E-state index in [9.17, 15) is 38.3 Å². The van der Waals surface area contributed by atoms with Gasteiger partial charge in [-0.2, -0.15) is 5.10 Å². The smallest absolute Gasteiger partial charge is 0.409 e. The molecule has 17 heteroatoms. The number of likely N-dealkylation sites (tertiary alicyclic amines) is 1. The molecule has 3 aliphatic rings. The van der Waals surface area contributed by atoms with E-state index < -0.39 is 60.2 Å². The van der Waals surface area contributed by atoms with Gasteiger partial charge in [-0.3, -0.25) is 24.0 Å². The lowest BCUT2D eigenvalue weighted by Gasteiger charge is -2.37. The van der Waals surface area contributed by atoms with Gasteiger partial charge in [-0.1, -0.05) is 6.07 Å². The molecule has 3 heterocycles. The summed E-state index contributed by atoms with van der Waals surface area (Å²) in [6.45, 7) is 2.47. The maximum atomic E-state index is 14.3. The predicted octanol–water partition coefficient (Wildman–Crippen LogP) is 1.17. The first-order valence-electron chi connectivity index (χ1n) is 16.7. The zero-order valence-corrected chi connectivity index (χ0v) is 28.1. The minimum absolute atomic E-state index is 0.0558. The van der Waals surface area contributed by atoms with Gasteiger partial charge in [0.25, 0.3) is 11.8 Å². The molecule has 0 spiro atoms. The first-order valence-corrected chi connectivity index (χ1v) is 16.7. The van der Waals surface area contributed by atoms with Crippen LogP contribution in [0, 0.1) is 11.7 Å². The molecule has 2 aromatic rings. The topological polar surface area (TPSA) is 193 Å². The van der Waals surface area contributed by atoms with Crippen molar-refractivity contribution < 1.29 is 47.7 Å². The molecule has 270 valence electrons. The number of piperazine rings is 1. The molecule has 2 aliphatic heterocycles. The van der Waals surface area contributed by atoms with Crippen molar-refractivity contribution in [2.75, 3.05) is 53.0 Å². The normalized spacial score (nSPS) is 19.5. The van der Waals surface area contributed by atoms with Gasteiger partial charge in [0, 0.05) is 52.3 Å². The van der Waals surface area contributed by atoms with E-state index in [0.29, 0.717) is 19.4 Å².